The van der Waals surface area contributed by atoms with Crippen LogP contribution in [-0.2, 0) is 15.7 Å². The van der Waals surface area contributed by atoms with Gasteiger partial charge in [-0.1, -0.05) is 0 Å². The van der Waals surface area contributed by atoms with Crippen molar-refractivity contribution >= 4 is 7.12 Å². The van der Waals surface area contributed by atoms with Crippen molar-refractivity contribution in [1.82, 2.24) is 0 Å². The normalized spacial score (nSPS) is 24.8. The van der Waals surface area contributed by atoms with Crippen molar-refractivity contribution in [1.29, 1.82) is 0 Å². The van der Waals surface area contributed by atoms with Gasteiger partial charge in [0, 0.05) is 0 Å². The molecule has 1 saturated heterocycles. The molecule has 2 nitrogen and oxygen atoms in total. The second kappa shape index (κ2) is 7.04. The fourth-order valence-corrected chi connectivity index (χ4v) is 3.59. The second-order valence-corrected chi connectivity index (χ2v) is 8.42. The fraction of sp³-hybridized carbons (Fsp3) is 0.600. The Morgan fingerprint density at radius 2 is 1.65 bits per heavy atom. The maximum absolute atomic E-state index is 14.9. The Bertz CT molecular complexity index is 689. The lowest BCUT2D eigenvalue weighted by molar-refractivity contribution is 0.00578. The van der Waals surface area contributed by atoms with Gasteiger partial charge in [-0.15, -0.1) is 0 Å². The first kappa shape index (κ1) is 19.5. The van der Waals surface area contributed by atoms with Crippen molar-refractivity contribution in [3.05, 3.63) is 46.7 Å². The number of benzene rings is 1. The molecule has 0 atom stereocenters. The molecule has 142 valence electrons. The fourth-order valence-electron chi connectivity index (χ4n) is 3.59. The molecule has 1 aliphatic heterocycles. The van der Waals surface area contributed by atoms with Crippen LogP contribution in [-0.4, -0.2) is 18.3 Å². The van der Waals surface area contributed by atoms with E-state index in [0.29, 0.717) is 24.8 Å². The van der Waals surface area contributed by atoms with Crippen molar-refractivity contribution in [2.45, 2.75) is 71.0 Å². The van der Waals surface area contributed by atoms with Crippen LogP contribution < -0.4 is 0 Å². The topological polar surface area (TPSA) is 18.5 Å². The number of allylic oxidation sites excluding steroid dienone is 1. The minimum absolute atomic E-state index is 0.223. The first-order valence-electron chi connectivity index (χ1n) is 9.26. The number of hydrogen-bond acceptors (Lipinski definition) is 2. The third kappa shape index (κ3) is 3.86. The van der Waals surface area contributed by atoms with Gasteiger partial charge < -0.3 is 9.31 Å². The minimum atomic E-state index is -0.952. The van der Waals surface area contributed by atoms with Crippen LogP contribution in [0.25, 0.3) is 0 Å². The largest absolute Gasteiger partial charge is 0.525 e. The van der Waals surface area contributed by atoms with E-state index in [4.69, 9.17) is 9.31 Å². The van der Waals surface area contributed by atoms with Gasteiger partial charge in [0.25, 0.3) is 0 Å². The van der Waals surface area contributed by atoms with Crippen molar-refractivity contribution in [2.75, 3.05) is 0 Å². The van der Waals surface area contributed by atoms with Crippen molar-refractivity contribution < 1.29 is 22.5 Å². The third-order valence-electron chi connectivity index (χ3n) is 6.02. The molecule has 0 aromatic heterocycles. The summed E-state index contributed by atoms with van der Waals surface area (Å²) in [7, 11) is -0.952. The summed E-state index contributed by atoms with van der Waals surface area (Å²) in [5, 5.41) is 0. The summed E-state index contributed by atoms with van der Waals surface area (Å²) in [6, 6.07) is 3.54. The zero-order chi connectivity index (χ0) is 19.1. The van der Waals surface area contributed by atoms with Crippen LogP contribution >= 0.6 is 0 Å². The van der Waals surface area contributed by atoms with Gasteiger partial charge in [-0.3, -0.25) is 0 Å². The van der Waals surface area contributed by atoms with Gasteiger partial charge in [-0.05, 0) is 95.1 Å². The Kier molecular flexibility index (Phi) is 5.28. The van der Waals surface area contributed by atoms with Crippen LogP contribution in [0.1, 0.15) is 58.9 Å². The highest BCUT2D eigenvalue weighted by molar-refractivity contribution is 6.53. The quantitative estimate of drug-likeness (QED) is 0.653. The van der Waals surface area contributed by atoms with Gasteiger partial charge in [0.05, 0.1) is 11.2 Å². The van der Waals surface area contributed by atoms with Crippen LogP contribution in [0, 0.1) is 17.6 Å². The molecular formula is C20H26BF3O2. The Morgan fingerprint density at radius 1 is 1.08 bits per heavy atom. The molecule has 0 unspecified atom stereocenters. The summed E-state index contributed by atoms with van der Waals surface area (Å²) in [6.07, 6.45) is 3.17. The molecule has 1 aromatic rings. The van der Waals surface area contributed by atoms with Gasteiger partial charge in [-0.25, -0.2) is 13.2 Å². The summed E-state index contributed by atoms with van der Waals surface area (Å²) in [4.78, 5) is 0. The molecule has 26 heavy (non-hydrogen) atoms. The van der Waals surface area contributed by atoms with E-state index in [1.54, 1.807) is 0 Å². The highest BCUT2D eigenvalue weighted by atomic mass is 19.1. The van der Waals surface area contributed by atoms with Crippen molar-refractivity contribution in [3.8, 4) is 0 Å². The molecular weight excluding hydrogens is 340 g/mol. The van der Waals surface area contributed by atoms with Crippen molar-refractivity contribution in [3.63, 3.8) is 0 Å². The van der Waals surface area contributed by atoms with Crippen LogP contribution in [0.4, 0.5) is 13.2 Å². The van der Waals surface area contributed by atoms with E-state index < -0.39 is 24.1 Å². The maximum atomic E-state index is 14.9. The lowest BCUT2D eigenvalue weighted by atomic mass is 9.76. The summed E-state index contributed by atoms with van der Waals surface area (Å²) in [6.45, 7) is 7.59. The molecule has 3 rings (SSSR count). The summed E-state index contributed by atoms with van der Waals surface area (Å²) in [5.41, 5.74) is -0.337. The Labute approximate surface area is 153 Å². The number of halogens is 3. The molecule has 0 bridgehead atoms. The molecule has 1 heterocycles. The molecule has 1 saturated carbocycles. The smallest absolute Gasteiger partial charge is 0.398 e. The highest BCUT2D eigenvalue weighted by Gasteiger charge is 2.53. The molecule has 0 spiro atoms. The van der Waals surface area contributed by atoms with Gasteiger partial charge in [0.1, 0.15) is 17.4 Å². The monoisotopic (exact) mass is 366 g/mol. The third-order valence-corrected chi connectivity index (χ3v) is 6.02. The molecule has 6 heteroatoms. The molecule has 1 aromatic carbocycles. The Morgan fingerprint density at radius 3 is 2.23 bits per heavy atom. The Hall–Kier alpha value is -1.27. The maximum Gasteiger partial charge on any atom is 0.525 e. The van der Waals surface area contributed by atoms with E-state index in [9.17, 15) is 13.2 Å². The van der Waals surface area contributed by atoms with E-state index in [-0.39, 0.29) is 17.5 Å². The van der Waals surface area contributed by atoms with E-state index in [2.05, 4.69) is 0 Å². The summed E-state index contributed by atoms with van der Waals surface area (Å²) in [5.74, 6) is -0.582. The molecule has 1 aliphatic carbocycles. The first-order chi connectivity index (χ1) is 12.1. The highest BCUT2D eigenvalue weighted by Crippen LogP contribution is 2.41. The van der Waals surface area contributed by atoms with Gasteiger partial charge in [0.15, 0.2) is 0 Å². The van der Waals surface area contributed by atoms with Crippen LogP contribution in [0.2, 0.25) is 0 Å². The van der Waals surface area contributed by atoms with Crippen LogP contribution in [0.5, 0.6) is 0 Å². The molecule has 2 fully saturated rings. The first-order valence-corrected chi connectivity index (χ1v) is 9.26. The van der Waals surface area contributed by atoms with E-state index in [0.717, 1.165) is 30.5 Å². The predicted molar refractivity (Wildman–Crippen MR) is 96.2 cm³/mol. The van der Waals surface area contributed by atoms with Gasteiger partial charge >= 0.3 is 7.12 Å². The predicted octanol–water partition coefficient (Wildman–Crippen LogP) is 5.55. The SMILES string of the molecule is CC1(C)OB(C(F)=C2CCC(Cc3cc(F)ccc3F)CC2)OC1(C)C. The van der Waals surface area contributed by atoms with Gasteiger partial charge in [-0.2, -0.15) is 0 Å². The summed E-state index contributed by atoms with van der Waals surface area (Å²) < 4.78 is 53.6. The molecule has 0 amide bonds. The zero-order valence-corrected chi connectivity index (χ0v) is 15.9. The van der Waals surface area contributed by atoms with Crippen LogP contribution in [0.15, 0.2) is 29.5 Å². The zero-order valence-electron chi connectivity index (χ0n) is 15.9. The van der Waals surface area contributed by atoms with Crippen LogP contribution in [0.3, 0.4) is 0 Å². The number of rotatable bonds is 3. The number of hydrogen-bond donors (Lipinski definition) is 0. The average molecular weight is 366 g/mol. The summed E-state index contributed by atoms with van der Waals surface area (Å²) >= 11 is 0. The standard InChI is InChI=1S/C20H26BF3O2/c1-19(2)20(3,4)26-21(25-19)18(24)14-7-5-13(6-8-14)11-15-12-16(22)9-10-17(15)23/h9-10,12-13H,5-8,11H2,1-4H3. The van der Waals surface area contributed by atoms with Crippen molar-refractivity contribution in [2.24, 2.45) is 5.92 Å². The second-order valence-electron chi connectivity index (χ2n) is 8.42. The molecule has 0 N–H and O–H groups in total. The van der Waals surface area contributed by atoms with E-state index >= 15 is 0 Å². The molecule has 0 radical (unpaired) electrons. The minimum Gasteiger partial charge on any atom is -0.398 e. The lowest BCUT2D eigenvalue weighted by Crippen LogP contribution is -2.41. The van der Waals surface area contributed by atoms with E-state index in [1.165, 1.54) is 6.07 Å². The molecule has 2 aliphatic rings. The lowest BCUT2D eigenvalue weighted by Gasteiger charge is -2.32. The Balaban J connectivity index is 1.63. The van der Waals surface area contributed by atoms with Gasteiger partial charge in [0.2, 0.25) is 0 Å². The van der Waals surface area contributed by atoms with E-state index in [1.807, 2.05) is 27.7 Å². The average Bonchev–Trinajstić information content (AvgIpc) is 2.79.